The second-order valence-corrected chi connectivity index (χ2v) is 8.57. The second-order valence-electron chi connectivity index (χ2n) is 8.57. The van der Waals surface area contributed by atoms with Crippen LogP contribution in [0.2, 0.25) is 0 Å². The number of esters is 1. The lowest BCUT2D eigenvalue weighted by Crippen LogP contribution is -2.45. The number of aliphatic carboxylic acids is 2. The minimum absolute atomic E-state index is 0.0916. The third-order valence-electron chi connectivity index (χ3n) is 5.67. The molecule has 1 fully saturated rings. The molecule has 180 valence electrons. The largest absolute Gasteiger partial charge is 0.473 e. The molecule has 0 aromatic heterocycles. The molecule has 1 atom stereocenters. The number of hydrogen-bond donors (Lipinski definition) is 2. The van der Waals surface area contributed by atoms with Crippen LogP contribution in [0.25, 0.3) is 0 Å². The van der Waals surface area contributed by atoms with E-state index in [1.54, 1.807) is 0 Å². The third-order valence-corrected chi connectivity index (χ3v) is 5.67. The van der Waals surface area contributed by atoms with E-state index in [0.29, 0.717) is 19.6 Å². The van der Waals surface area contributed by atoms with E-state index in [-0.39, 0.29) is 17.0 Å². The summed E-state index contributed by atoms with van der Waals surface area (Å²) in [5, 5.41) is 14.8. The van der Waals surface area contributed by atoms with Crippen molar-refractivity contribution in [2.24, 2.45) is 0 Å². The first-order valence-corrected chi connectivity index (χ1v) is 11.1. The first-order valence-electron chi connectivity index (χ1n) is 11.1. The normalized spacial score (nSPS) is 19.5. The van der Waals surface area contributed by atoms with Crippen molar-refractivity contribution in [3.05, 3.63) is 35.9 Å². The van der Waals surface area contributed by atoms with Crippen LogP contribution in [0.5, 0.6) is 0 Å². The van der Waals surface area contributed by atoms with E-state index >= 15 is 0 Å². The molecule has 1 aromatic carbocycles. The van der Waals surface area contributed by atoms with Gasteiger partial charge in [0.05, 0.1) is 18.6 Å². The van der Waals surface area contributed by atoms with Gasteiger partial charge in [0, 0.05) is 18.6 Å². The SMILES string of the molecule is CCN(CC)CCCOC(=O)CC1(c2ccccc2)CCOC(C)(C)C1.O=C(O)C(=O)O. The summed E-state index contributed by atoms with van der Waals surface area (Å²) in [6.45, 7) is 12.8. The van der Waals surface area contributed by atoms with Crippen molar-refractivity contribution in [2.75, 3.05) is 32.8 Å². The molecule has 1 heterocycles. The van der Waals surface area contributed by atoms with E-state index in [9.17, 15) is 4.79 Å². The van der Waals surface area contributed by atoms with Gasteiger partial charge in [0.1, 0.15) is 0 Å². The Morgan fingerprint density at radius 3 is 2.16 bits per heavy atom. The van der Waals surface area contributed by atoms with Crippen molar-refractivity contribution in [2.45, 2.75) is 64.4 Å². The maximum absolute atomic E-state index is 12.6. The molecule has 32 heavy (non-hydrogen) atoms. The van der Waals surface area contributed by atoms with Gasteiger partial charge in [-0.05, 0) is 51.8 Å². The Hall–Kier alpha value is -2.45. The van der Waals surface area contributed by atoms with E-state index in [2.05, 4.69) is 56.9 Å². The quantitative estimate of drug-likeness (QED) is 0.334. The Morgan fingerprint density at radius 2 is 1.66 bits per heavy atom. The smallest absolute Gasteiger partial charge is 0.414 e. The molecule has 2 rings (SSSR count). The summed E-state index contributed by atoms with van der Waals surface area (Å²) in [5.74, 6) is -3.74. The molecule has 1 aliphatic rings. The van der Waals surface area contributed by atoms with E-state index in [4.69, 9.17) is 29.3 Å². The highest BCUT2D eigenvalue weighted by atomic mass is 16.5. The molecule has 0 radical (unpaired) electrons. The van der Waals surface area contributed by atoms with Crippen molar-refractivity contribution >= 4 is 17.9 Å². The maximum atomic E-state index is 12.6. The molecule has 1 unspecified atom stereocenters. The first kappa shape index (κ1) is 27.6. The zero-order chi connectivity index (χ0) is 24.2. The van der Waals surface area contributed by atoms with E-state index in [1.807, 2.05) is 6.07 Å². The molecule has 8 nitrogen and oxygen atoms in total. The number of carboxylic acids is 2. The molecule has 1 aromatic rings. The summed E-state index contributed by atoms with van der Waals surface area (Å²) in [4.78, 5) is 33.2. The lowest BCUT2D eigenvalue weighted by atomic mass is 9.67. The molecular weight excluding hydrogens is 414 g/mol. The maximum Gasteiger partial charge on any atom is 0.414 e. The Morgan fingerprint density at radius 1 is 1.06 bits per heavy atom. The zero-order valence-corrected chi connectivity index (χ0v) is 19.6. The number of hydrogen-bond acceptors (Lipinski definition) is 6. The molecule has 0 aliphatic carbocycles. The molecule has 2 N–H and O–H groups in total. The lowest BCUT2D eigenvalue weighted by Gasteiger charge is -2.45. The van der Waals surface area contributed by atoms with Gasteiger partial charge >= 0.3 is 17.9 Å². The van der Waals surface area contributed by atoms with Gasteiger partial charge in [0.2, 0.25) is 0 Å². The van der Waals surface area contributed by atoms with Crippen molar-refractivity contribution in [3.8, 4) is 0 Å². The Kier molecular flexibility index (Phi) is 11.4. The van der Waals surface area contributed by atoms with Crippen LogP contribution < -0.4 is 0 Å². The number of carboxylic acid groups (broad SMARTS) is 2. The summed E-state index contributed by atoms with van der Waals surface area (Å²) in [5.41, 5.74) is 0.798. The minimum Gasteiger partial charge on any atom is -0.473 e. The lowest BCUT2D eigenvalue weighted by molar-refractivity contribution is -0.159. The van der Waals surface area contributed by atoms with Crippen molar-refractivity contribution in [1.82, 2.24) is 4.90 Å². The summed E-state index contributed by atoms with van der Waals surface area (Å²) >= 11 is 0. The zero-order valence-electron chi connectivity index (χ0n) is 19.6. The van der Waals surface area contributed by atoms with Gasteiger partial charge in [-0.25, -0.2) is 9.59 Å². The van der Waals surface area contributed by atoms with Gasteiger partial charge in [0.15, 0.2) is 0 Å². The van der Waals surface area contributed by atoms with Gasteiger partial charge in [0.25, 0.3) is 0 Å². The van der Waals surface area contributed by atoms with E-state index in [0.717, 1.165) is 38.9 Å². The van der Waals surface area contributed by atoms with Crippen molar-refractivity contribution < 1.29 is 34.1 Å². The molecule has 1 aliphatic heterocycles. The minimum atomic E-state index is -1.82. The van der Waals surface area contributed by atoms with Crippen LogP contribution in [-0.2, 0) is 29.3 Å². The molecule has 1 saturated heterocycles. The monoisotopic (exact) mass is 451 g/mol. The van der Waals surface area contributed by atoms with Crippen molar-refractivity contribution in [3.63, 3.8) is 0 Å². The Labute approximate surface area is 190 Å². The number of ether oxygens (including phenoxy) is 2. The molecule has 8 heteroatoms. The summed E-state index contributed by atoms with van der Waals surface area (Å²) < 4.78 is 11.5. The van der Waals surface area contributed by atoms with E-state index in [1.165, 1.54) is 5.56 Å². The van der Waals surface area contributed by atoms with Gasteiger partial charge in [-0.15, -0.1) is 0 Å². The Balaban J connectivity index is 0.000000751. The summed E-state index contributed by atoms with van der Waals surface area (Å²) in [6.07, 6.45) is 3.00. The number of nitrogens with zero attached hydrogens (tertiary/aromatic N) is 1. The molecule has 0 spiro atoms. The highest BCUT2D eigenvalue weighted by Gasteiger charge is 2.43. The first-order chi connectivity index (χ1) is 15.0. The molecule has 0 amide bonds. The topological polar surface area (TPSA) is 113 Å². The van der Waals surface area contributed by atoms with Gasteiger partial charge in [-0.3, -0.25) is 4.79 Å². The van der Waals surface area contributed by atoms with Crippen LogP contribution >= 0.6 is 0 Å². The predicted octanol–water partition coefficient (Wildman–Crippen LogP) is 3.33. The average Bonchev–Trinajstić information content (AvgIpc) is 2.74. The standard InChI is InChI=1S/C22H35NO3.C2H2O4/c1-5-23(6-2)14-10-15-25-20(24)17-22(19-11-8-7-9-12-19)13-16-26-21(3,4)18-22;3-1(4)2(5)6/h7-9,11-12H,5-6,10,13-18H2,1-4H3;(H,3,4)(H,5,6). The van der Waals surface area contributed by atoms with Crippen LogP contribution in [0.1, 0.15) is 58.9 Å². The molecule has 0 bridgehead atoms. The fourth-order valence-electron chi connectivity index (χ4n) is 4.11. The molecule has 0 saturated carbocycles. The number of carbonyl (C=O) groups excluding carboxylic acids is 1. The number of benzene rings is 1. The van der Waals surface area contributed by atoms with Crippen LogP contribution in [0.3, 0.4) is 0 Å². The van der Waals surface area contributed by atoms with E-state index < -0.39 is 11.9 Å². The van der Waals surface area contributed by atoms with Gasteiger partial charge < -0.3 is 24.6 Å². The highest BCUT2D eigenvalue weighted by Crippen LogP contribution is 2.44. The number of carbonyl (C=O) groups is 3. The molecular formula is C24H37NO7. The van der Waals surface area contributed by atoms with Crippen LogP contribution in [0, 0.1) is 0 Å². The van der Waals surface area contributed by atoms with Crippen LogP contribution in [0.4, 0.5) is 0 Å². The summed E-state index contributed by atoms with van der Waals surface area (Å²) in [6, 6.07) is 10.4. The van der Waals surface area contributed by atoms with Gasteiger partial charge in [-0.1, -0.05) is 44.2 Å². The Bertz CT molecular complexity index is 719. The fourth-order valence-corrected chi connectivity index (χ4v) is 4.11. The fraction of sp³-hybridized carbons (Fsp3) is 0.625. The summed E-state index contributed by atoms with van der Waals surface area (Å²) in [7, 11) is 0. The third kappa shape index (κ3) is 9.36. The van der Waals surface area contributed by atoms with Crippen LogP contribution in [-0.4, -0.2) is 71.5 Å². The second kappa shape index (κ2) is 13.2. The highest BCUT2D eigenvalue weighted by molar-refractivity contribution is 6.27. The predicted molar refractivity (Wildman–Crippen MR) is 121 cm³/mol. The van der Waals surface area contributed by atoms with Crippen LogP contribution in [0.15, 0.2) is 30.3 Å². The van der Waals surface area contributed by atoms with Crippen molar-refractivity contribution in [1.29, 1.82) is 0 Å². The average molecular weight is 452 g/mol. The number of rotatable bonds is 9. The van der Waals surface area contributed by atoms with Gasteiger partial charge in [-0.2, -0.15) is 0 Å².